The van der Waals surface area contributed by atoms with E-state index in [4.69, 9.17) is 0 Å². The first-order valence-corrected chi connectivity index (χ1v) is 9.03. The summed E-state index contributed by atoms with van der Waals surface area (Å²) in [6.45, 7) is 9.22. The molecule has 4 heteroatoms. The minimum atomic E-state index is -2.95. The van der Waals surface area contributed by atoms with Crippen LogP contribution < -0.4 is 5.32 Å². The van der Waals surface area contributed by atoms with Gasteiger partial charge in [-0.2, -0.15) is 0 Å². The van der Waals surface area contributed by atoms with Crippen LogP contribution in [0.4, 0.5) is 0 Å². The van der Waals surface area contributed by atoms with Gasteiger partial charge in [0.2, 0.25) is 0 Å². The van der Waals surface area contributed by atoms with Crippen molar-refractivity contribution < 1.29 is 8.42 Å². The lowest BCUT2D eigenvalue weighted by Gasteiger charge is -2.29. The largest absolute Gasteiger partial charge is 0.313 e. The van der Waals surface area contributed by atoms with Gasteiger partial charge in [-0.25, -0.2) is 8.42 Å². The van der Waals surface area contributed by atoms with Gasteiger partial charge >= 0.3 is 0 Å². The maximum absolute atomic E-state index is 12.5. The number of sulfone groups is 1. The fraction of sp³-hybridized carbons (Fsp3) is 1.00. The Bertz CT molecular complexity index is 338. The first-order valence-electron chi connectivity index (χ1n) is 7.31. The second-order valence-corrected chi connectivity index (χ2v) is 8.46. The molecule has 3 unspecified atom stereocenters. The van der Waals surface area contributed by atoms with Gasteiger partial charge in [-0.05, 0) is 31.2 Å². The van der Waals surface area contributed by atoms with E-state index in [1.54, 1.807) is 0 Å². The molecular formula is C14H29NO2S. The topological polar surface area (TPSA) is 46.2 Å². The van der Waals surface area contributed by atoms with Gasteiger partial charge in [0.15, 0.2) is 9.84 Å². The van der Waals surface area contributed by atoms with Gasteiger partial charge in [0, 0.05) is 6.04 Å². The Morgan fingerprint density at radius 2 is 1.94 bits per heavy atom. The van der Waals surface area contributed by atoms with Crippen molar-refractivity contribution in [2.75, 3.05) is 12.3 Å². The molecule has 3 atom stereocenters. The molecule has 0 aromatic rings. The molecule has 1 saturated carbocycles. The molecule has 1 aliphatic carbocycles. The molecule has 18 heavy (non-hydrogen) atoms. The predicted octanol–water partition coefficient (Wildman–Crippen LogP) is 2.61. The van der Waals surface area contributed by atoms with E-state index in [0.717, 1.165) is 25.8 Å². The summed E-state index contributed by atoms with van der Waals surface area (Å²) in [5, 5.41) is 3.21. The molecule has 0 spiro atoms. The lowest BCUT2D eigenvalue weighted by Crippen LogP contribution is -2.43. The number of rotatable bonds is 6. The normalized spacial score (nSPS) is 27.4. The second-order valence-electron chi connectivity index (χ2n) is 6.13. The third-order valence-electron chi connectivity index (χ3n) is 4.08. The molecule has 0 heterocycles. The number of hydrogen-bond donors (Lipinski definition) is 1. The zero-order valence-electron chi connectivity index (χ0n) is 12.3. The molecule has 0 aromatic carbocycles. The van der Waals surface area contributed by atoms with Gasteiger partial charge in [0.05, 0.1) is 11.0 Å². The summed E-state index contributed by atoms with van der Waals surface area (Å²) in [6, 6.07) is 0.0947. The zero-order valence-corrected chi connectivity index (χ0v) is 13.1. The summed E-state index contributed by atoms with van der Waals surface area (Å²) in [4.78, 5) is 0. The molecule has 0 aromatic heterocycles. The third-order valence-corrected chi connectivity index (χ3v) is 6.35. The summed E-state index contributed by atoms with van der Waals surface area (Å²) >= 11 is 0. The Kier molecular flexibility index (Phi) is 6.12. The van der Waals surface area contributed by atoms with Crippen LogP contribution in [0.5, 0.6) is 0 Å². The Morgan fingerprint density at radius 3 is 2.44 bits per heavy atom. The van der Waals surface area contributed by atoms with Crippen molar-refractivity contribution in [2.45, 2.75) is 64.7 Å². The van der Waals surface area contributed by atoms with Gasteiger partial charge in [0.25, 0.3) is 0 Å². The van der Waals surface area contributed by atoms with Crippen molar-refractivity contribution >= 4 is 9.84 Å². The smallest absolute Gasteiger partial charge is 0.154 e. The van der Waals surface area contributed by atoms with Crippen LogP contribution in [0.25, 0.3) is 0 Å². The monoisotopic (exact) mass is 275 g/mol. The van der Waals surface area contributed by atoms with Crippen molar-refractivity contribution in [3.05, 3.63) is 0 Å². The van der Waals surface area contributed by atoms with Crippen molar-refractivity contribution in [2.24, 2.45) is 11.8 Å². The summed E-state index contributed by atoms with van der Waals surface area (Å²) < 4.78 is 25.0. The highest BCUT2D eigenvalue weighted by Gasteiger charge is 2.32. The van der Waals surface area contributed by atoms with E-state index in [0.29, 0.717) is 17.6 Å². The highest BCUT2D eigenvalue weighted by atomic mass is 32.2. The lowest BCUT2D eigenvalue weighted by atomic mass is 9.91. The molecule has 3 nitrogen and oxygen atoms in total. The van der Waals surface area contributed by atoms with Gasteiger partial charge in [0.1, 0.15) is 0 Å². The average molecular weight is 275 g/mol. The Hall–Kier alpha value is -0.0900. The minimum Gasteiger partial charge on any atom is -0.313 e. The highest BCUT2D eigenvalue weighted by molar-refractivity contribution is 7.92. The summed E-state index contributed by atoms with van der Waals surface area (Å²) in [5.74, 6) is 1.23. The maximum atomic E-state index is 12.5. The van der Waals surface area contributed by atoms with Crippen LogP contribution in [0.1, 0.15) is 53.4 Å². The Labute approximate surface area is 113 Å². The standard InChI is InChI=1S/C14H29NO2S/c1-5-15-14(11(2)3)10-18(16,17)13-8-6-7-12(4)9-13/h11-15H,5-10H2,1-4H3. The van der Waals surface area contributed by atoms with E-state index in [2.05, 4.69) is 26.1 Å². The number of hydrogen-bond acceptors (Lipinski definition) is 3. The van der Waals surface area contributed by atoms with Crippen molar-refractivity contribution in [3.8, 4) is 0 Å². The third kappa shape index (κ3) is 4.54. The van der Waals surface area contributed by atoms with Crippen molar-refractivity contribution in [1.82, 2.24) is 5.32 Å². The van der Waals surface area contributed by atoms with Crippen LogP contribution in [0.2, 0.25) is 0 Å². The van der Waals surface area contributed by atoms with Gasteiger partial charge in [-0.15, -0.1) is 0 Å². The Balaban J connectivity index is 2.67. The summed E-state index contributed by atoms with van der Waals surface area (Å²) in [5.41, 5.74) is 0. The quantitative estimate of drug-likeness (QED) is 0.810. The van der Waals surface area contributed by atoms with Crippen LogP contribution in [-0.4, -0.2) is 32.0 Å². The van der Waals surface area contributed by atoms with Gasteiger partial charge in [-0.1, -0.05) is 40.5 Å². The number of nitrogens with one attached hydrogen (secondary N) is 1. The lowest BCUT2D eigenvalue weighted by molar-refractivity contribution is 0.377. The molecule has 1 N–H and O–H groups in total. The van der Waals surface area contributed by atoms with Crippen LogP contribution in [-0.2, 0) is 9.84 Å². The van der Waals surface area contributed by atoms with E-state index in [-0.39, 0.29) is 11.3 Å². The molecule has 1 aliphatic rings. The zero-order chi connectivity index (χ0) is 13.8. The minimum absolute atomic E-state index is 0.0947. The van der Waals surface area contributed by atoms with Crippen LogP contribution in [0.15, 0.2) is 0 Å². The van der Waals surface area contributed by atoms with Gasteiger partial charge in [-0.3, -0.25) is 0 Å². The first kappa shape index (κ1) is 16.0. The first-order chi connectivity index (χ1) is 8.36. The molecule has 108 valence electrons. The molecule has 1 rings (SSSR count). The maximum Gasteiger partial charge on any atom is 0.154 e. The fourth-order valence-corrected chi connectivity index (χ4v) is 5.26. The van der Waals surface area contributed by atoms with E-state index in [1.165, 1.54) is 6.42 Å². The van der Waals surface area contributed by atoms with Crippen LogP contribution in [0, 0.1) is 11.8 Å². The molecular weight excluding hydrogens is 246 g/mol. The molecule has 0 aliphatic heterocycles. The summed E-state index contributed by atoms with van der Waals surface area (Å²) in [7, 11) is -2.95. The predicted molar refractivity (Wildman–Crippen MR) is 77.5 cm³/mol. The summed E-state index contributed by atoms with van der Waals surface area (Å²) in [6.07, 6.45) is 3.98. The van der Waals surface area contributed by atoms with E-state index >= 15 is 0 Å². The van der Waals surface area contributed by atoms with Crippen molar-refractivity contribution in [1.29, 1.82) is 0 Å². The molecule has 0 amide bonds. The van der Waals surface area contributed by atoms with E-state index < -0.39 is 9.84 Å². The molecule has 0 bridgehead atoms. The van der Waals surface area contributed by atoms with Gasteiger partial charge < -0.3 is 5.32 Å². The second kappa shape index (κ2) is 6.90. The van der Waals surface area contributed by atoms with Crippen LogP contribution in [0.3, 0.4) is 0 Å². The molecule has 0 radical (unpaired) electrons. The fourth-order valence-electron chi connectivity index (χ4n) is 2.84. The van der Waals surface area contributed by atoms with Crippen LogP contribution >= 0.6 is 0 Å². The molecule has 1 fully saturated rings. The SMILES string of the molecule is CCNC(CS(=O)(=O)C1CCCC(C)C1)C(C)C. The van der Waals surface area contributed by atoms with E-state index in [1.807, 2.05) is 6.92 Å². The Morgan fingerprint density at radius 1 is 1.28 bits per heavy atom. The highest BCUT2D eigenvalue weighted by Crippen LogP contribution is 2.29. The van der Waals surface area contributed by atoms with E-state index in [9.17, 15) is 8.42 Å². The van der Waals surface area contributed by atoms with Crippen molar-refractivity contribution in [3.63, 3.8) is 0 Å². The molecule has 0 saturated heterocycles. The average Bonchev–Trinajstić information content (AvgIpc) is 2.28.